The van der Waals surface area contributed by atoms with Gasteiger partial charge in [0.1, 0.15) is 0 Å². The molecule has 2 N–H and O–H groups in total. The van der Waals surface area contributed by atoms with E-state index < -0.39 is 0 Å². The number of aliphatic hydroxyl groups excluding tert-OH is 1. The number of nitrogens with zero attached hydrogens (tertiary/aromatic N) is 2. The Morgan fingerprint density at radius 2 is 2.33 bits per heavy atom. The van der Waals surface area contributed by atoms with Gasteiger partial charge in [0.25, 0.3) is 0 Å². The molecule has 0 saturated carbocycles. The zero-order valence-corrected chi connectivity index (χ0v) is 11.5. The fourth-order valence-electron chi connectivity index (χ4n) is 2.89. The molecule has 2 fully saturated rings. The van der Waals surface area contributed by atoms with Crippen LogP contribution in [-0.4, -0.2) is 86.6 Å². The molecule has 2 aliphatic rings. The molecule has 0 aromatic carbocycles. The van der Waals surface area contributed by atoms with Crippen LogP contribution in [0.4, 0.5) is 0 Å². The van der Waals surface area contributed by atoms with Crippen molar-refractivity contribution in [3.63, 3.8) is 0 Å². The Morgan fingerprint density at radius 1 is 1.44 bits per heavy atom. The van der Waals surface area contributed by atoms with Gasteiger partial charge in [-0.1, -0.05) is 0 Å². The lowest BCUT2D eigenvalue weighted by Gasteiger charge is -2.34. The van der Waals surface area contributed by atoms with Crippen molar-refractivity contribution < 1.29 is 9.84 Å². The fraction of sp³-hybridized carbons (Fsp3) is 1.00. The molecule has 0 aromatic heterocycles. The highest BCUT2D eigenvalue weighted by atomic mass is 16.5. The minimum absolute atomic E-state index is 0.231. The molecule has 0 spiro atoms. The standard InChI is InChI=1S/C13H27N3O2/c1-15-6-8-18-13(10-15)11-16(5-7-17)9-12-3-2-4-14-12/h12-14,17H,2-11H2,1H3. The maximum absolute atomic E-state index is 9.18. The molecule has 2 atom stereocenters. The fourth-order valence-corrected chi connectivity index (χ4v) is 2.89. The largest absolute Gasteiger partial charge is 0.395 e. The average Bonchev–Trinajstić information content (AvgIpc) is 2.82. The van der Waals surface area contributed by atoms with E-state index in [2.05, 4.69) is 22.2 Å². The lowest BCUT2D eigenvalue weighted by atomic mass is 10.2. The van der Waals surface area contributed by atoms with Crippen LogP contribution in [-0.2, 0) is 4.74 Å². The highest BCUT2D eigenvalue weighted by molar-refractivity contribution is 4.80. The van der Waals surface area contributed by atoms with Crippen LogP contribution in [0, 0.1) is 0 Å². The quantitative estimate of drug-likeness (QED) is 0.663. The Balaban J connectivity index is 1.76. The van der Waals surface area contributed by atoms with Crippen molar-refractivity contribution >= 4 is 0 Å². The molecule has 2 heterocycles. The maximum atomic E-state index is 9.18. The van der Waals surface area contributed by atoms with E-state index in [0.29, 0.717) is 6.04 Å². The molecule has 0 radical (unpaired) electrons. The predicted molar refractivity (Wildman–Crippen MR) is 71.8 cm³/mol. The number of rotatable bonds is 6. The molecule has 5 nitrogen and oxygen atoms in total. The maximum Gasteiger partial charge on any atom is 0.0829 e. The first-order valence-electron chi connectivity index (χ1n) is 7.14. The van der Waals surface area contributed by atoms with E-state index in [1.54, 1.807) is 0 Å². The summed E-state index contributed by atoms with van der Waals surface area (Å²) in [5.74, 6) is 0. The van der Waals surface area contributed by atoms with E-state index in [1.807, 2.05) is 0 Å². The molecule has 0 bridgehead atoms. The van der Waals surface area contributed by atoms with E-state index >= 15 is 0 Å². The molecule has 106 valence electrons. The first-order valence-corrected chi connectivity index (χ1v) is 7.14. The third-order valence-electron chi connectivity index (χ3n) is 3.86. The number of morpholine rings is 1. The van der Waals surface area contributed by atoms with E-state index in [4.69, 9.17) is 4.74 Å². The van der Waals surface area contributed by atoms with Gasteiger partial charge in [0.2, 0.25) is 0 Å². The van der Waals surface area contributed by atoms with E-state index in [0.717, 1.165) is 45.9 Å². The molecule has 2 saturated heterocycles. The second-order valence-electron chi connectivity index (χ2n) is 5.53. The van der Waals surface area contributed by atoms with Crippen LogP contribution in [0.25, 0.3) is 0 Å². The molecule has 2 rings (SSSR count). The Morgan fingerprint density at radius 3 is 3.00 bits per heavy atom. The van der Waals surface area contributed by atoms with Crippen LogP contribution in [0.1, 0.15) is 12.8 Å². The SMILES string of the molecule is CN1CCOC(CN(CCO)CC2CCCN2)C1. The molecule has 18 heavy (non-hydrogen) atoms. The molecular weight excluding hydrogens is 230 g/mol. The van der Waals surface area contributed by atoms with Gasteiger partial charge in [-0.3, -0.25) is 4.90 Å². The van der Waals surface area contributed by atoms with Crippen molar-refractivity contribution in [1.29, 1.82) is 0 Å². The number of hydrogen-bond donors (Lipinski definition) is 2. The number of likely N-dealkylation sites (N-methyl/N-ethyl adjacent to an activating group) is 1. The Bertz CT molecular complexity index is 234. The highest BCUT2D eigenvalue weighted by Gasteiger charge is 2.23. The number of ether oxygens (including phenoxy) is 1. The molecule has 5 heteroatoms. The van der Waals surface area contributed by atoms with Gasteiger partial charge < -0.3 is 20.1 Å². The van der Waals surface area contributed by atoms with Crippen molar-refractivity contribution in [2.75, 3.05) is 59.5 Å². The lowest BCUT2D eigenvalue weighted by molar-refractivity contribution is -0.0378. The van der Waals surface area contributed by atoms with Crippen molar-refractivity contribution in [2.45, 2.75) is 25.0 Å². The van der Waals surface area contributed by atoms with Gasteiger partial charge in [-0.15, -0.1) is 0 Å². The summed E-state index contributed by atoms with van der Waals surface area (Å²) in [5.41, 5.74) is 0. The van der Waals surface area contributed by atoms with Crippen molar-refractivity contribution in [3.05, 3.63) is 0 Å². The smallest absolute Gasteiger partial charge is 0.0829 e. The summed E-state index contributed by atoms with van der Waals surface area (Å²) in [5, 5.41) is 12.7. The molecule has 0 amide bonds. The van der Waals surface area contributed by atoms with Crippen LogP contribution in [0.5, 0.6) is 0 Å². The van der Waals surface area contributed by atoms with Crippen LogP contribution >= 0.6 is 0 Å². The second-order valence-corrected chi connectivity index (χ2v) is 5.53. The average molecular weight is 257 g/mol. The number of nitrogens with one attached hydrogen (secondary N) is 1. The molecular formula is C13H27N3O2. The second kappa shape index (κ2) is 7.40. The van der Waals surface area contributed by atoms with Gasteiger partial charge in [-0.05, 0) is 26.4 Å². The van der Waals surface area contributed by atoms with Gasteiger partial charge in [-0.25, -0.2) is 0 Å². The van der Waals surface area contributed by atoms with Crippen molar-refractivity contribution in [2.24, 2.45) is 0 Å². The Labute approximate surface area is 110 Å². The van der Waals surface area contributed by atoms with Gasteiger partial charge in [-0.2, -0.15) is 0 Å². The van der Waals surface area contributed by atoms with Crippen LogP contribution < -0.4 is 5.32 Å². The minimum atomic E-state index is 0.231. The topological polar surface area (TPSA) is 48.0 Å². The lowest BCUT2D eigenvalue weighted by Crippen LogP contribution is -2.49. The Kier molecular flexibility index (Phi) is 5.85. The number of aliphatic hydroxyl groups is 1. The molecule has 0 aliphatic carbocycles. The van der Waals surface area contributed by atoms with Crippen LogP contribution in [0.3, 0.4) is 0 Å². The van der Waals surface area contributed by atoms with E-state index in [9.17, 15) is 5.11 Å². The molecule has 2 aliphatic heterocycles. The summed E-state index contributed by atoms with van der Waals surface area (Å²) in [6.45, 7) is 6.95. The zero-order valence-electron chi connectivity index (χ0n) is 11.5. The summed E-state index contributed by atoms with van der Waals surface area (Å²) < 4.78 is 5.80. The van der Waals surface area contributed by atoms with Gasteiger partial charge >= 0.3 is 0 Å². The number of hydrogen-bond acceptors (Lipinski definition) is 5. The first-order chi connectivity index (χ1) is 8.78. The first kappa shape index (κ1) is 14.2. The summed E-state index contributed by atoms with van der Waals surface area (Å²) in [6.07, 6.45) is 2.82. The monoisotopic (exact) mass is 257 g/mol. The zero-order chi connectivity index (χ0) is 12.8. The summed E-state index contributed by atoms with van der Waals surface area (Å²) >= 11 is 0. The normalized spacial score (nSPS) is 30.2. The predicted octanol–water partition coefficient (Wildman–Crippen LogP) is -0.637. The van der Waals surface area contributed by atoms with Crippen LogP contribution in [0.2, 0.25) is 0 Å². The minimum Gasteiger partial charge on any atom is -0.395 e. The van der Waals surface area contributed by atoms with Gasteiger partial charge in [0.15, 0.2) is 0 Å². The summed E-state index contributed by atoms with van der Waals surface area (Å²) in [4.78, 5) is 4.66. The van der Waals surface area contributed by atoms with Gasteiger partial charge in [0.05, 0.1) is 19.3 Å². The van der Waals surface area contributed by atoms with E-state index in [1.165, 1.54) is 12.8 Å². The molecule has 2 unspecified atom stereocenters. The third kappa shape index (κ3) is 4.48. The summed E-state index contributed by atoms with van der Waals surface area (Å²) in [6, 6.07) is 0.595. The highest BCUT2D eigenvalue weighted by Crippen LogP contribution is 2.10. The summed E-state index contributed by atoms with van der Waals surface area (Å²) in [7, 11) is 2.14. The van der Waals surface area contributed by atoms with Crippen molar-refractivity contribution in [3.8, 4) is 0 Å². The van der Waals surface area contributed by atoms with Crippen molar-refractivity contribution in [1.82, 2.24) is 15.1 Å². The van der Waals surface area contributed by atoms with Gasteiger partial charge in [0, 0.05) is 38.8 Å². The third-order valence-corrected chi connectivity index (χ3v) is 3.86. The van der Waals surface area contributed by atoms with E-state index in [-0.39, 0.29) is 12.7 Å². The Hall–Kier alpha value is -0.200. The van der Waals surface area contributed by atoms with Crippen LogP contribution in [0.15, 0.2) is 0 Å². The molecule has 0 aromatic rings.